The third kappa shape index (κ3) is 17.7. The number of benzene rings is 3. The summed E-state index contributed by atoms with van der Waals surface area (Å²) < 4.78 is 0. The van der Waals surface area contributed by atoms with Gasteiger partial charge in [0.1, 0.15) is 59.5 Å². The summed E-state index contributed by atoms with van der Waals surface area (Å²) >= 11 is 0. The van der Waals surface area contributed by atoms with E-state index in [1.807, 2.05) is 0 Å². The van der Waals surface area contributed by atoms with Gasteiger partial charge >= 0.3 is 11.9 Å². The summed E-state index contributed by atoms with van der Waals surface area (Å²) in [5.41, 5.74) is 7.84. The molecule has 5 rings (SSSR count). The summed E-state index contributed by atoms with van der Waals surface area (Å²) in [5, 5.41) is 64.0. The number of phenolic OH excluding ortho intramolecular Hbond substituents is 3. The number of likely N-dealkylation sites (tertiary alicyclic amines) is 2. The van der Waals surface area contributed by atoms with Crippen LogP contribution in [-0.4, -0.2) is 168 Å². The van der Waals surface area contributed by atoms with Crippen LogP contribution in [0.5, 0.6) is 17.2 Å². The summed E-state index contributed by atoms with van der Waals surface area (Å²) in [7, 11) is 0. The van der Waals surface area contributed by atoms with E-state index in [1.165, 1.54) is 79.4 Å². The molecule has 13 N–H and O–H groups in total. The molecule has 0 aliphatic carbocycles. The van der Waals surface area contributed by atoms with Gasteiger partial charge in [0.25, 0.3) is 0 Å². The van der Waals surface area contributed by atoms with Gasteiger partial charge in [0.2, 0.25) is 47.3 Å². The van der Waals surface area contributed by atoms with Gasteiger partial charge in [0.05, 0.1) is 24.9 Å². The molecule has 2 fully saturated rings. The maximum atomic E-state index is 14.4. The Morgan fingerprint density at radius 3 is 1.29 bits per heavy atom. The number of carboxylic acid groups (broad SMARTS) is 2. The van der Waals surface area contributed by atoms with Crippen LogP contribution >= 0.6 is 0 Å². The molecule has 426 valence electrons. The number of carboxylic acids is 2. The first-order valence-corrected chi connectivity index (χ1v) is 25.8. The number of hydrogen-bond acceptors (Lipinski definition) is 15. The first-order valence-electron chi connectivity index (χ1n) is 25.8. The van der Waals surface area contributed by atoms with Crippen molar-refractivity contribution in [3.8, 4) is 17.2 Å². The van der Waals surface area contributed by atoms with E-state index in [2.05, 4.69) is 31.9 Å². The highest BCUT2D eigenvalue weighted by Gasteiger charge is 2.42. The third-order valence-corrected chi connectivity index (χ3v) is 13.6. The lowest BCUT2D eigenvalue weighted by Gasteiger charge is -2.32. The van der Waals surface area contributed by atoms with E-state index in [-0.39, 0.29) is 68.9 Å². The summed E-state index contributed by atoms with van der Waals surface area (Å²) in [6, 6.07) is 4.91. The fourth-order valence-corrected chi connectivity index (χ4v) is 9.16. The molecule has 25 nitrogen and oxygen atoms in total. The Hall–Kier alpha value is -8.61. The second-order valence-corrected chi connectivity index (χ2v) is 20.1. The quantitative estimate of drug-likeness (QED) is 0.0471. The van der Waals surface area contributed by atoms with Crippen LogP contribution in [0.1, 0.15) is 82.9 Å². The Balaban J connectivity index is 1.31. The highest BCUT2D eigenvalue weighted by atomic mass is 16.4. The molecule has 79 heavy (non-hydrogen) atoms. The number of rotatable bonds is 26. The van der Waals surface area contributed by atoms with Crippen LogP contribution in [0, 0.1) is 5.92 Å². The molecule has 2 aliphatic rings. The van der Waals surface area contributed by atoms with Crippen LogP contribution in [-0.2, 0) is 72.0 Å². The Bertz CT molecular complexity index is 2720. The van der Waals surface area contributed by atoms with Gasteiger partial charge in [-0.15, -0.1) is 0 Å². The molecule has 2 aliphatic heterocycles. The number of phenols is 3. The van der Waals surface area contributed by atoms with E-state index < -0.39 is 138 Å². The average molecular weight is 1100 g/mol. The maximum absolute atomic E-state index is 14.4. The number of amides is 8. The number of nitrogens with zero attached hydrogens (tertiary/aromatic N) is 2. The molecule has 2 heterocycles. The molecule has 9 atom stereocenters. The number of nitrogens with one attached hydrogen (secondary N) is 6. The second kappa shape index (κ2) is 28.1. The minimum atomic E-state index is -1.86. The Morgan fingerprint density at radius 2 is 0.861 bits per heavy atom. The number of hydrogen-bond donors (Lipinski definition) is 12. The van der Waals surface area contributed by atoms with Crippen LogP contribution in [0.3, 0.4) is 0 Å². The van der Waals surface area contributed by atoms with Gasteiger partial charge in [0.15, 0.2) is 5.78 Å². The van der Waals surface area contributed by atoms with Gasteiger partial charge in [-0.1, -0.05) is 50.2 Å². The number of aliphatic carboxylic acids is 2. The van der Waals surface area contributed by atoms with Gasteiger partial charge in [-0.2, -0.15) is 0 Å². The maximum Gasteiger partial charge on any atom is 0.305 e. The standard InChI is InChI=1S/C54H69N9O16/c1-28(2)46(54(79)63-22-6-8-43(63)52(77)60-40(26-44(68)69)49(74)57-38(47(72)56-29(3)30(4)64)24-32-11-17-35(66)18-12-32)61-50(75)41(27-45(70)71)58-48(73)39(25-33-13-19-36(67)20-14-33)59-51(76)42-7-5-21-62(42)53(78)37(55)23-31-9-15-34(65)16-10-31/h9-20,28-29,37-43,46,65-67H,5-8,21-27,55H2,1-4H3,(H,56,72)(H,57,74)(H,58,73)(H,59,76)(H,60,77)(H,61,75)(H,68,69)(H,70,71). The molecular weight excluding hydrogens is 1030 g/mol. The molecule has 0 bridgehead atoms. The van der Waals surface area contributed by atoms with Crippen LogP contribution in [0.2, 0.25) is 0 Å². The van der Waals surface area contributed by atoms with Crippen molar-refractivity contribution in [1.82, 2.24) is 41.7 Å². The number of aromatic hydroxyl groups is 3. The van der Waals surface area contributed by atoms with Gasteiger partial charge < -0.3 is 73.0 Å². The highest BCUT2D eigenvalue weighted by molar-refractivity contribution is 6.00. The minimum absolute atomic E-state index is 0.0219. The predicted octanol–water partition coefficient (Wildman–Crippen LogP) is -0.736. The number of ketones is 1. The smallest absolute Gasteiger partial charge is 0.305 e. The molecular formula is C54H69N9O16. The van der Waals surface area contributed by atoms with Crippen molar-refractivity contribution in [2.24, 2.45) is 11.7 Å². The van der Waals surface area contributed by atoms with Gasteiger partial charge in [-0.05, 0) is 105 Å². The van der Waals surface area contributed by atoms with Crippen LogP contribution in [0.4, 0.5) is 0 Å². The Kier molecular flexibility index (Phi) is 21.8. The molecule has 0 aromatic heterocycles. The van der Waals surface area contributed by atoms with E-state index in [1.54, 1.807) is 26.0 Å². The third-order valence-electron chi connectivity index (χ3n) is 13.6. The van der Waals surface area contributed by atoms with E-state index >= 15 is 0 Å². The normalized spacial score (nSPS) is 17.6. The number of carbonyl (C=O) groups is 11. The van der Waals surface area contributed by atoms with E-state index in [0.717, 1.165) is 4.90 Å². The summed E-state index contributed by atoms with van der Waals surface area (Å²) in [6.45, 7) is 5.89. The zero-order valence-electron chi connectivity index (χ0n) is 44.2. The monoisotopic (exact) mass is 1100 g/mol. The number of Topliss-reactive ketones (excluding diaryl/α,β-unsaturated/α-hetero) is 1. The minimum Gasteiger partial charge on any atom is -0.508 e. The van der Waals surface area contributed by atoms with Crippen LogP contribution in [0.25, 0.3) is 0 Å². The van der Waals surface area contributed by atoms with Gasteiger partial charge in [0, 0.05) is 25.9 Å². The van der Waals surface area contributed by atoms with Crippen molar-refractivity contribution >= 4 is 65.0 Å². The zero-order chi connectivity index (χ0) is 58.2. The lowest BCUT2D eigenvalue weighted by atomic mass is 10.0. The molecule has 9 unspecified atom stereocenters. The van der Waals surface area contributed by atoms with Crippen molar-refractivity contribution in [3.05, 3.63) is 89.5 Å². The molecule has 3 aromatic rings. The van der Waals surface area contributed by atoms with Crippen molar-refractivity contribution in [2.75, 3.05) is 13.1 Å². The second-order valence-electron chi connectivity index (χ2n) is 20.1. The van der Waals surface area contributed by atoms with E-state index in [0.29, 0.717) is 23.1 Å². The number of carbonyl (C=O) groups excluding carboxylic acids is 9. The molecule has 0 radical (unpaired) electrons. The molecule has 25 heteroatoms. The largest absolute Gasteiger partial charge is 0.508 e. The Morgan fingerprint density at radius 1 is 0.506 bits per heavy atom. The van der Waals surface area contributed by atoms with Crippen molar-refractivity contribution in [2.45, 2.75) is 140 Å². The summed E-state index contributed by atoms with van der Waals surface area (Å²) in [4.78, 5) is 150. The summed E-state index contributed by atoms with van der Waals surface area (Å²) in [5.74, 6) is -11.5. The predicted molar refractivity (Wildman–Crippen MR) is 280 cm³/mol. The number of nitrogens with two attached hydrogens (primary N) is 1. The molecule has 8 amide bonds. The van der Waals surface area contributed by atoms with Crippen molar-refractivity contribution < 1.29 is 78.3 Å². The lowest BCUT2D eigenvalue weighted by Crippen LogP contribution is -2.61. The first kappa shape index (κ1) is 61.2. The van der Waals surface area contributed by atoms with Crippen LogP contribution in [0.15, 0.2) is 72.8 Å². The fourth-order valence-electron chi connectivity index (χ4n) is 9.16. The van der Waals surface area contributed by atoms with Gasteiger partial charge in [-0.3, -0.25) is 52.7 Å². The van der Waals surface area contributed by atoms with E-state index in [9.17, 15) is 78.3 Å². The molecule has 2 saturated heterocycles. The van der Waals surface area contributed by atoms with E-state index in [4.69, 9.17) is 5.73 Å². The first-order chi connectivity index (χ1) is 37.3. The SMILES string of the molecule is CC(=O)C(C)NC(=O)C(Cc1ccc(O)cc1)NC(=O)C(CC(=O)O)NC(=O)C1CCCN1C(=O)C(NC(=O)C(CC(=O)O)NC(=O)C(Cc1ccc(O)cc1)NC(=O)C1CCCN1C(=O)C(N)Cc1ccc(O)cc1)C(C)C. The zero-order valence-corrected chi connectivity index (χ0v) is 44.2. The fraction of sp³-hybridized carbons (Fsp3) is 0.463. The highest BCUT2D eigenvalue weighted by Crippen LogP contribution is 2.23. The van der Waals surface area contributed by atoms with Crippen LogP contribution < -0.4 is 37.6 Å². The molecule has 0 spiro atoms. The Labute approximate surface area is 455 Å². The molecule has 3 aromatic carbocycles. The molecule has 0 saturated carbocycles. The van der Waals surface area contributed by atoms with Crippen molar-refractivity contribution in [1.29, 1.82) is 0 Å². The van der Waals surface area contributed by atoms with Crippen molar-refractivity contribution in [3.63, 3.8) is 0 Å². The topological polar surface area (TPSA) is 394 Å². The lowest BCUT2D eigenvalue weighted by molar-refractivity contribution is -0.145. The summed E-state index contributed by atoms with van der Waals surface area (Å²) in [6.07, 6.45) is -1.40. The average Bonchev–Trinajstić information content (AvgIpc) is 4.13. The van der Waals surface area contributed by atoms with Gasteiger partial charge in [-0.25, -0.2) is 0 Å².